The molecule has 6 nitrogen and oxygen atoms in total. The molecule has 1 aliphatic heterocycles. The van der Waals surface area contributed by atoms with Gasteiger partial charge in [0, 0.05) is 51.2 Å². The topological polar surface area (TPSA) is 48.9 Å². The third-order valence-electron chi connectivity index (χ3n) is 5.09. The number of carbonyl (C=O) groups is 1. The van der Waals surface area contributed by atoms with Crippen molar-refractivity contribution in [3.05, 3.63) is 48.2 Å². The van der Waals surface area contributed by atoms with Crippen molar-refractivity contribution in [1.29, 1.82) is 0 Å². The second kappa shape index (κ2) is 8.75. The van der Waals surface area contributed by atoms with Gasteiger partial charge in [0.1, 0.15) is 11.6 Å². The van der Waals surface area contributed by atoms with Gasteiger partial charge in [-0.15, -0.1) is 0 Å². The molecule has 1 saturated heterocycles. The zero-order valence-electron chi connectivity index (χ0n) is 16.4. The van der Waals surface area contributed by atoms with Gasteiger partial charge in [0.25, 0.3) is 5.91 Å². The van der Waals surface area contributed by atoms with E-state index < -0.39 is 0 Å². The van der Waals surface area contributed by atoms with E-state index in [1.807, 2.05) is 43.0 Å². The van der Waals surface area contributed by atoms with Gasteiger partial charge in [0.15, 0.2) is 0 Å². The predicted octanol–water partition coefficient (Wildman–Crippen LogP) is 2.90. The van der Waals surface area contributed by atoms with Gasteiger partial charge in [-0.05, 0) is 50.2 Å². The maximum Gasteiger partial charge on any atom is 0.255 e. The molecule has 6 heteroatoms. The maximum absolute atomic E-state index is 12.4. The number of amides is 1. The molecule has 0 N–H and O–H groups in total. The Kier molecular flexibility index (Phi) is 6.16. The standard InChI is InChI=1S/C21H28N4O2/c1-4-23(5-2)21(26)17-6-11-20(22-16-17)25-14-12-24(13-15-25)18-7-9-19(27-3)10-8-18/h6-11,16H,4-5,12-15H2,1-3H3. The molecule has 1 aliphatic rings. The Morgan fingerprint density at radius 2 is 1.63 bits per heavy atom. The quantitative estimate of drug-likeness (QED) is 0.785. The van der Waals surface area contributed by atoms with Crippen LogP contribution in [0, 0.1) is 0 Å². The molecule has 0 spiro atoms. The van der Waals surface area contributed by atoms with Crippen LogP contribution in [0.2, 0.25) is 0 Å². The first-order chi connectivity index (χ1) is 13.2. The van der Waals surface area contributed by atoms with Crippen LogP contribution in [0.4, 0.5) is 11.5 Å². The molecular formula is C21H28N4O2. The van der Waals surface area contributed by atoms with Gasteiger partial charge in [-0.2, -0.15) is 0 Å². The van der Waals surface area contributed by atoms with Crippen LogP contribution in [-0.4, -0.2) is 62.2 Å². The minimum absolute atomic E-state index is 0.0448. The van der Waals surface area contributed by atoms with Gasteiger partial charge in [0.2, 0.25) is 0 Å². The number of piperazine rings is 1. The Balaban J connectivity index is 1.59. The SMILES string of the molecule is CCN(CC)C(=O)c1ccc(N2CCN(c3ccc(OC)cc3)CC2)nc1. The Hall–Kier alpha value is -2.76. The van der Waals surface area contributed by atoms with E-state index in [-0.39, 0.29) is 5.91 Å². The zero-order valence-corrected chi connectivity index (χ0v) is 16.4. The van der Waals surface area contributed by atoms with Gasteiger partial charge in [-0.25, -0.2) is 4.98 Å². The van der Waals surface area contributed by atoms with Crippen molar-refractivity contribution in [3.8, 4) is 5.75 Å². The van der Waals surface area contributed by atoms with Gasteiger partial charge in [-0.1, -0.05) is 0 Å². The lowest BCUT2D eigenvalue weighted by Crippen LogP contribution is -2.46. The number of hydrogen-bond donors (Lipinski definition) is 0. The first kappa shape index (κ1) is 19.0. The van der Waals surface area contributed by atoms with Gasteiger partial charge in [0.05, 0.1) is 12.7 Å². The zero-order chi connectivity index (χ0) is 19.2. The molecule has 27 heavy (non-hydrogen) atoms. The highest BCUT2D eigenvalue weighted by atomic mass is 16.5. The van der Waals surface area contributed by atoms with Crippen molar-refractivity contribution in [2.75, 3.05) is 56.2 Å². The predicted molar refractivity (Wildman–Crippen MR) is 109 cm³/mol. The van der Waals surface area contributed by atoms with E-state index in [1.165, 1.54) is 5.69 Å². The van der Waals surface area contributed by atoms with Crippen molar-refractivity contribution in [2.45, 2.75) is 13.8 Å². The lowest BCUT2D eigenvalue weighted by Gasteiger charge is -2.36. The summed E-state index contributed by atoms with van der Waals surface area (Å²) in [6.07, 6.45) is 1.70. The number of benzene rings is 1. The smallest absolute Gasteiger partial charge is 0.255 e. The van der Waals surface area contributed by atoms with Crippen LogP contribution < -0.4 is 14.5 Å². The number of carbonyl (C=O) groups excluding carboxylic acids is 1. The maximum atomic E-state index is 12.4. The summed E-state index contributed by atoms with van der Waals surface area (Å²) in [5.74, 6) is 1.85. The Labute approximate surface area is 161 Å². The number of methoxy groups -OCH3 is 1. The summed E-state index contributed by atoms with van der Waals surface area (Å²) in [4.78, 5) is 23.4. The summed E-state index contributed by atoms with van der Waals surface area (Å²) in [5, 5.41) is 0. The molecular weight excluding hydrogens is 340 g/mol. The van der Waals surface area contributed by atoms with Gasteiger partial charge in [-0.3, -0.25) is 4.79 Å². The van der Waals surface area contributed by atoms with Crippen molar-refractivity contribution < 1.29 is 9.53 Å². The summed E-state index contributed by atoms with van der Waals surface area (Å²) >= 11 is 0. The molecule has 0 bridgehead atoms. The van der Waals surface area contributed by atoms with Crippen LogP contribution in [0.5, 0.6) is 5.75 Å². The first-order valence-corrected chi connectivity index (χ1v) is 9.55. The molecule has 0 unspecified atom stereocenters. The summed E-state index contributed by atoms with van der Waals surface area (Å²) in [6.45, 7) is 9.10. The average molecular weight is 368 g/mol. The largest absolute Gasteiger partial charge is 0.497 e. The van der Waals surface area contributed by atoms with Crippen LogP contribution in [0.15, 0.2) is 42.6 Å². The fourth-order valence-electron chi connectivity index (χ4n) is 3.38. The summed E-state index contributed by atoms with van der Waals surface area (Å²) in [5.41, 5.74) is 1.86. The van der Waals surface area contributed by atoms with E-state index in [0.29, 0.717) is 18.7 Å². The van der Waals surface area contributed by atoms with Crippen LogP contribution in [-0.2, 0) is 0 Å². The third kappa shape index (κ3) is 4.32. The monoisotopic (exact) mass is 368 g/mol. The minimum Gasteiger partial charge on any atom is -0.497 e. The van der Waals surface area contributed by atoms with E-state index in [1.54, 1.807) is 13.3 Å². The highest BCUT2D eigenvalue weighted by molar-refractivity contribution is 5.94. The van der Waals surface area contributed by atoms with Crippen LogP contribution in [0.1, 0.15) is 24.2 Å². The van der Waals surface area contributed by atoms with E-state index in [0.717, 1.165) is 37.7 Å². The van der Waals surface area contributed by atoms with Crippen LogP contribution in [0.3, 0.4) is 0 Å². The van der Waals surface area contributed by atoms with Crippen molar-refractivity contribution in [2.24, 2.45) is 0 Å². The van der Waals surface area contributed by atoms with Crippen LogP contribution >= 0.6 is 0 Å². The van der Waals surface area contributed by atoms with E-state index in [9.17, 15) is 4.79 Å². The molecule has 0 aliphatic carbocycles. The van der Waals surface area contributed by atoms with E-state index in [2.05, 4.69) is 26.9 Å². The molecule has 0 saturated carbocycles. The summed E-state index contributed by atoms with van der Waals surface area (Å²) in [7, 11) is 1.68. The van der Waals surface area contributed by atoms with Crippen LogP contribution in [0.25, 0.3) is 0 Å². The Bertz CT molecular complexity index is 734. The number of anilines is 2. The molecule has 2 heterocycles. The second-order valence-electron chi connectivity index (χ2n) is 6.55. The number of rotatable bonds is 6. The van der Waals surface area contributed by atoms with Crippen molar-refractivity contribution in [1.82, 2.24) is 9.88 Å². The van der Waals surface area contributed by atoms with Gasteiger partial charge >= 0.3 is 0 Å². The normalized spacial score (nSPS) is 14.2. The molecule has 1 fully saturated rings. The van der Waals surface area contributed by atoms with Gasteiger partial charge < -0.3 is 19.4 Å². The van der Waals surface area contributed by atoms with E-state index >= 15 is 0 Å². The number of hydrogen-bond acceptors (Lipinski definition) is 5. The Morgan fingerprint density at radius 3 is 2.15 bits per heavy atom. The number of nitrogens with zero attached hydrogens (tertiary/aromatic N) is 4. The highest BCUT2D eigenvalue weighted by Gasteiger charge is 2.19. The molecule has 1 aromatic carbocycles. The molecule has 1 aromatic heterocycles. The molecule has 144 valence electrons. The minimum atomic E-state index is 0.0448. The fraction of sp³-hybridized carbons (Fsp3) is 0.429. The fourth-order valence-corrected chi connectivity index (χ4v) is 3.38. The average Bonchev–Trinajstić information content (AvgIpc) is 2.75. The third-order valence-corrected chi connectivity index (χ3v) is 5.09. The number of pyridine rings is 1. The number of aromatic nitrogens is 1. The summed E-state index contributed by atoms with van der Waals surface area (Å²) < 4.78 is 5.22. The van der Waals surface area contributed by atoms with Crippen molar-refractivity contribution in [3.63, 3.8) is 0 Å². The molecule has 2 aromatic rings. The number of ether oxygens (including phenoxy) is 1. The lowest BCUT2D eigenvalue weighted by molar-refractivity contribution is 0.0772. The lowest BCUT2D eigenvalue weighted by atomic mass is 10.2. The first-order valence-electron chi connectivity index (χ1n) is 9.55. The highest BCUT2D eigenvalue weighted by Crippen LogP contribution is 2.22. The molecule has 0 radical (unpaired) electrons. The molecule has 1 amide bonds. The van der Waals surface area contributed by atoms with E-state index in [4.69, 9.17) is 4.74 Å². The van der Waals surface area contributed by atoms with Crippen molar-refractivity contribution >= 4 is 17.4 Å². The Morgan fingerprint density at radius 1 is 1.00 bits per heavy atom. The summed E-state index contributed by atoms with van der Waals surface area (Å²) in [6, 6.07) is 12.0. The molecule has 3 rings (SSSR count). The molecule has 0 atom stereocenters. The second-order valence-corrected chi connectivity index (χ2v) is 6.55.